The molecule has 0 saturated carbocycles. The fraction of sp³-hybridized carbons (Fsp3) is 0.357. The summed E-state index contributed by atoms with van der Waals surface area (Å²) in [7, 11) is -4.16. The topological polar surface area (TPSA) is 105 Å². The van der Waals surface area contributed by atoms with Crippen molar-refractivity contribution in [2.24, 2.45) is 0 Å². The minimum absolute atomic E-state index is 0.0357. The summed E-state index contributed by atoms with van der Waals surface area (Å²) in [6.07, 6.45) is 0. The number of halogens is 2. The maximum Gasteiger partial charge on any atom is 0.323 e. The van der Waals surface area contributed by atoms with Crippen molar-refractivity contribution in [1.82, 2.24) is 19.1 Å². The van der Waals surface area contributed by atoms with Crippen LogP contribution in [-0.2, 0) is 33.7 Å². The Bertz CT molecular complexity index is 926. The average molecular weight is 389 g/mol. The average Bonchev–Trinajstić information content (AvgIpc) is 2.91. The molecule has 1 aliphatic rings. The molecule has 8 nitrogen and oxygen atoms in total. The molecule has 1 aromatic heterocycles. The summed E-state index contributed by atoms with van der Waals surface area (Å²) in [6, 6.07) is 2.50. The Morgan fingerprint density at radius 3 is 2.80 bits per heavy atom. The molecule has 25 heavy (non-hydrogen) atoms. The van der Waals surface area contributed by atoms with Crippen LogP contribution in [0.4, 0.5) is 4.39 Å². The van der Waals surface area contributed by atoms with Gasteiger partial charge < -0.3 is 9.67 Å². The number of hydrogen-bond donors (Lipinski definition) is 1. The Balaban J connectivity index is 1.99. The number of carboxylic acids is 1. The molecule has 1 aromatic carbocycles. The lowest BCUT2D eigenvalue weighted by atomic mass is 10.2. The summed E-state index contributed by atoms with van der Waals surface area (Å²) in [6.45, 7) is 1.28. The molecule has 1 aliphatic heterocycles. The molecule has 134 valence electrons. The van der Waals surface area contributed by atoms with E-state index in [0.717, 1.165) is 10.4 Å². The summed E-state index contributed by atoms with van der Waals surface area (Å²) in [5, 5.41) is 17.1. The van der Waals surface area contributed by atoms with Crippen molar-refractivity contribution in [2.45, 2.75) is 31.8 Å². The van der Waals surface area contributed by atoms with E-state index < -0.39 is 33.6 Å². The van der Waals surface area contributed by atoms with Gasteiger partial charge in [-0.2, -0.15) is 4.31 Å². The van der Waals surface area contributed by atoms with Gasteiger partial charge in [-0.3, -0.25) is 4.79 Å². The van der Waals surface area contributed by atoms with E-state index in [9.17, 15) is 22.7 Å². The van der Waals surface area contributed by atoms with E-state index in [-0.39, 0.29) is 23.7 Å². The van der Waals surface area contributed by atoms with Crippen LogP contribution in [0.5, 0.6) is 0 Å². The first-order chi connectivity index (χ1) is 11.7. The second kappa shape index (κ2) is 6.36. The Hall–Kier alpha value is -2.04. The van der Waals surface area contributed by atoms with E-state index in [2.05, 4.69) is 10.2 Å². The van der Waals surface area contributed by atoms with Gasteiger partial charge in [-0.15, -0.1) is 10.2 Å². The van der Waals surface area contributed by atoms with Gasteiger partial charge in [0.1, 0.15) is 23.5 Å². The van der Waals surface area contributed by atoms with Crippen LogP contribution in [0.3, 0.4) is 0 Å². The molecule has 2 heterocycles. The molecule has 0 fully saturated rings. The van der Waals surface area contributed by atoms with Gasteiger partial charge in [0, 0.05) is 10.6 Å². The number of aliphatic carboxylic acids is 1. The maximum atomic E-state index is 13.9. The molecule has 3 rings (SSSR count). The number of fused-ring (bicyclic) bond motifs is 1. The van der Waals surface area contributed by atoms with Crippen molar-refractivity contribution in [1.29, 1.82) is 0 Å². The number of hydrogen-bond acceptors (Lipinski definition) is 5. The molecule has 11 heteroatoms. The second-order valence-electron chi connectivity index (χ2n) is 5.63. The molecule has 0 aliphatic carbocycles. The first-order valence-electron chi connectivity index (χ1n) is 7.24. The van der Waals surface area contributed by atoms with E-state index in [1.165, 1.54) is 12.1 Å². The van der Waals surface area contributed by atoms with Gasteiger partial charge >= 0.3 is 5.97 Å². The second-order valence-corrected chi connectivity index (χ2v) is 7.96. The number of rotatable bonds is 4. The minimum Gasteiger partial charge on any atom is -0.480 e. The van der Waals surface area contributed by atoms with Gasteiger partial charge in [0.05, 0.1) is 18.8 Å². The normalized spacial score (nSPS) is 18.1. The number of aryl methyl sites for hydroxylation is 1. The monoisotopic (exact) mass is 388 g/mol. The van der Waals surface area contributed by atoms with Crippen LogP contribution in [0.2, 0.25) is 5.02 Å². The Morgan fingerprint density at radius 2 is 2.16 bits per heavy atom. The molecule has 0 saturated heterocycles. The molecular weight excluding hydrogens is 375 g/mol. The van der Waals surface area contributed by atoms with Crippen molar-refractivity contribution < 1.29 is 22.7 Å². The third kappa shape index (κ3) is 3.24. The molecule has 0 amide bonds. The zero-order chi connectivity index (χ0) is 18.4. The smallest absolute Gasteiger partial charge is 0.323 e. The van der Waals surface area contributed by atoms with Crippen molar-refractivity contribution in [3.63, 3.8) is 0 Å². The van der Waals surface area contributed by atoms with Crippen LogP contribution < -0.4 is 0 Å². The van der Waals surface area contributed by atoms with Gasteiger partial charge in [0.15, 0.2) is 0 Å². The van der Waals surface area contributed by atoms with Gasteiger partial charge in [-0.25, -0.2) is 12.8 Å². The van der Waals surface area contributed by atoms with Crippen LogP contribution in [-0.4, -0.2) is 44.6 Å². The van der Waals surface area contributed by atoms with E-state index in [1.807, 2.05) is 0 Å². The van der Waals surface area contributed by atoms with Crippen LogP contribution in [0, 0.1) is 12.7 Å². The highest BCUT2D eigenvalue weighted by Gasteiger charge is 2.40. The molecule has 0 radical (unpaired) electrons. The van der Waals surface area contributed by atoms with Gasteiger partial charge in [0.25, 0.3) is 0 Å². The first kappa shape index (κ1) is 17.8. The Morgan fingerprint density at radius 1 is 1.44 bits per heavy atom. The number of aromatic nitrogens is 3. The van der Waals surface area contributed by atoms with Gasteiger partial charge in [-0.05, 0) is 19.1 Å². The standard InChI is InChI=1S/C14H14ClFN4O4S/c1-8-17-18-13-6-20(12(14(21)22)5-19(8)13)25(23,24)7-9-10(15)3-2-4-11(9)16/h2-4,12H,5-7H2,1H3,(H,21,22). The first-order valence-corrected chi connectivity index (χ1v) is 9.23. The zero-order valence-corrected chi connectivity index (χ0v) is 14.6. The van der Waals surface area contributed by atoms with Crippen LogP contribution in [0.1, 0.15) is 17.2 Å². The number of sulfonamides is 1. The lowest BCUT2D eigenvalue weighted by molar-refractivity contribution is -0.142. The number of carboxylic acid groups (broad SMARTS) is 1. The van der Waals surface area contributed by atoms with E-state index in [4.69, 9.17) is 11.6 Å². The van der Waals surface area contributed by atoms with Gasteiger partial charge in [-0.1, -0.05) is 17.7 Å². The number of benzene rings is 1. The lowest BCUT2D eigenvalue weighted by Crippen LogP contribution is -2.51. The molecule has 1 atom stereocenters. The molecular formula is C14H14ClFN4O4S. The third-order valence-electron chi connectivity index (χ3n) is 4.04. The van der Waals surface area contributed by atoms with E-state index in [0.29, 0.717) is 11.6 Å². The molecule has 1 unspecified atom stereocenters. The maximum absolute atomic E-state index is 13.9. The SMILES string of the molecule is Cc1nnc2n1CC(C(=O)O)N(S(=O)(=O)Cc1c(F)cccc1Cl)C2. The third-order valence-corrected chi connectivity index (χ3v) is 6.15. The summed E-state index contributed by atoms with van der Waals surface area (Å²) in [5.74, 6) is -1.98. The molecule has 0 bridgehead atoms. The molecule has 0 spiro atoms. The fourth-order valence-electron chi connectivity index (χ4n) is 2.72. The fourth-order valence-corrected chi connectivity index (χ4v) is 4.71. The largest absolute Gasteiger partial charge is 0.480 e. The Labute approximate surface area is 147 Å². The molecule has 2 aromatic rings. The van der Waals surface area contributed by atoms with Crippen molar-refractivity contribution in [3.8, 4) is 0 Å². The lowest BCUT2D eigenvalue weighted by Gasteiger charge is -2.32. The number of nitrogens with zero attached hydrogens (tertiary/aromatic N) is 4. The highest BCUT2D eigenvalue weighted by molar-refractivity contribution is 7.88. The summed E-state index contributed by atoms with van der Waals surface area (Å²) in [5.41, 5.74) is -0.198. The van der Waals surface area contributed by atoms with Crippen LogP contribution in [0.25, 0.3) is 0 Å². The Kier molecular flexibility index (Phi) is 4.52. The predicted molar refractivity (Wildman–Crippen MR) is 85.8 cm³/mol. The summed E-state index contributed by atoms with van der Waals surface area (Å²) >= 11 is 5.89. The van der Waals surface area contributed by atoms with Crippen LogP contribution in [0.15, 0.2) is 18.2 Å². The zero-order valence-electron chi connectivity index (χ0n) is 13.1. The highest BCUT2D eigenvalue weighted by Crippen LogP contribution is 2.27. The van der Waals surface area contributed by atoms with Crippen molar-refractivity contribution >= 4 is 27.6 Å². The van der Waals surface area contributed by atoms with E-state index in [1.54, 1.807) is 11.5 Å². The summed E-state index contributed by atoms with van der Waals surface area (Å²) < 4.78 is 41.8. The highest BCUT2D eigenvalue weighted by atomic mass is 35.5. The quantitative estimate of drug-likeness (QED) is 0.843. The van der Waals surface area contributed by atoms with Gasteiger partial charge in [0.2, 0.25) is 10.0 Å². The van der Waals surface area contributed by atoms with Crippen molar-refractivity contribution in [3.05, 3.63) is 46.3 Å². The molecule has 1 N–H and O–H groups in total. The van der Waals surface area contributed by atoms with Crippen LogP contribution >= 0.6 is 11.6 Å². The summed E-state index contributed by atoms with van der Waals surface area (Å²) in [4.78, 5) is 11.6. The predicted octanol–water partition coefficient (Wildman–Crippen LogP) is 1.18. The van der Waals surface area contributed by atoms with Crippen molar-refractivity contribution in [2.75, 3.05) is 0 Å². The number of carbonyl (C=O) groups is 1. The minimum atomic E-state index is -4.16. The van der Waals surface area contributed by atoms with E-state index >= 15 is 0 Å².